The van der Waals surface area contributed by atoms with Gasteiger partial charge in [-0.25, -0.2) is 9.97 Å². The number of rotatable bonds is 6. The number of anilines is 3. The van der Waals surface area contributed by atoms with Gasteiger partial charge in [0.25, 0.3) is 0 Å². The molecule has 0 aliphatic rings. The first-order valence-electron chi connectivity index (χ1n) is 10.1. The van der Waals surface area contributed by atoms with Gasteiger partial charge in [0.1, 0.15) is 17.4 Å². The Morgan fingerprint density at radius 3 is 2.84 bits per heavy atom. The van der Waals surface area contributed by atoms with Gasteiger partial charge in [-0.05, 0) is 49.6 Å². The van der Waals surface area contributed by atoms with E-state index in [9.17, 15) is 0 Å². The van der Waals surface area contributed by atoms with E-state index in [1.54, 1.807) is 13.3 Å². The number of aryl methyl sites for hydroxylation is 3. The molecule has 5 aromatic rings. The highest BCUT2D eigenvalue weighted by molar-refractivity contribution is 5.88. The van der Waals surface area contributed by atoms with Gasteiger partial charge in [-0.1, -0.05) is 12.1 Å². The topological polar surface area (TPSA) is 118 Å². The van der Waals surface area contributed by atoms with E-state index in [-0.39, 0.29) is 5.95 Å². The molecule has 0 aliphatic carbocycles. The smallest absolute Gasteiger partial charge is 0.221 e. The van der Waals surface area contributed by atoms with Gasteiger partial charge in [0.15, 0.2) is 0 Å². The summed E-state index contributed by atoms with van der Waals surface area (Å²) in [6.45, 7) is 1.94. The van der Waals surface area contributed by atoms with Crippen molar-refractivity contribution in [1.29, 1.82) is 0 Å². The molecule has 3 heterocycles. The average Bonchev–Trinajstić information content (AvgIpc) is 3.35. The fraction of sp³-hybridized carbons (Fsp3) is 0.174. The van der Waals surface area contributed by atoms with E-state index in [1.165, 1.54) is 5.56 Å². The molecule has 0 unspecified atom stereocenters. The largest absolute Gasteiger partial charge is 0.495 e. The van der Waals surface area contributed by atoms with Crippen LogP contribution in [0.3, 0.4) is 0 Å². The Hall–Kier alpha value is -4.07. The van der Waals surface area contributed by atoms with Crippen LogP contribution < -0.4 is 15.8 Å². The van der Waals surface area contributed by atoms with Crippen molar-refractivity contribution < 1.29 is 4.74 Å². The molecule has 0 saturated carbocycles. The van der Waals surface area contributed by atoms with Crippen LogP contribution in [0.15, 0.2) is 48.8 Å². The van der Waals surface area contributed by atoms with Crippen LogP contribution in [-0.4, -0.2) is 32.0 Å². The van der Waals surface area contributed by atoms with Gasteiger partial charge in [0, 0.05) is 29.0 Å². The number of H-pyrrole nitrogens is 2. The minimum absolute atomic E-state index is 0.236. The van der Waals surface area contributed by atoms with Crippen LogP contribution >= 0.6 is 0 Å². The zero-order chi connectivity index (χ0) is 21.4. The lowest BCUT2D eigenvalue weighted by atomic mass is 10.0. The van der Waals surface area contributed by atoms with E-state index in [0.717, 1.165) is 57.6 Å². The van der Waals surface area contributed by atoms with Gasteiger partial charge < -0.3 is 25.8 Å². The molecule has 31 heavy (non-hydrogen) atoms. The minimum atomic E-state index is 0.236. The van der Waals surface area contributed by atoms with Crippen molar-refractivity contribution in [3.8, 4) is 5.75 Å². The highest BCUT2D eigenvalue weighted by Gasteiger charge is 2.12. The van der Waals surface area contributed by atoms with Crippen LogP contribution in [-0.2, 0) is 12.8 Å². The third-order valence-corrected chi connectivity index (χ3v) is 5.39. The standard InChI is InChI=1S/C23H23N7O/c1-13-27-18-9-8-16(10-19(18)28-13)29-22-15(12-26-23(24)30-22)7-6-14-11-25-21-17(14)4-3-5-20(21)31-2/h3-5,8-12,25H,6-7H2,1-2H3,(H,27,28)(H3,24,26,29,30). The van der Waals surface area contributed by atoms with Crippen LogP contribution in [0.25, 0.3) is 21.9 Å². The molecule has 0 radical (unpaired) electrons. The molecule has 5 rings (SSSR count). The Labute approximate surface area is 178 Å². The summed E-state index contributed by atoms with van der Waals surface area (Å²) in [5, 5.41) is 4.54. The van der Waals surface area contributed by atoms with Crippen LogP contribution in [0, 0.1) is 6.92 Å². The third kappa shape index (κ3) is 3.63. The van der Waals surface area contributed by atoms with Gasteiger partial charge in [-0.15, -0.1) is 0 Å². The number of nitrogen functional groups attached to an aromatic ring is 1. The summed E-state index contributed by atoms with van der Waals surface area (Å²) >= 11 is 0. The zero-order valence-corrected chi connectivity index (χ0v) is 17.4. The van der Waals surface area contributed by atoms with E-state index >= 15 is 0 Å². The van der Waals surface area contributed by atoms with Gasteiger partial charge in [-0.2, -0.15) is 4.98 Å². The fourth-order valence-corrected chi connectivity index (χ4v) is 3.89. The molecule has 0 spiro atoms. The molecule has 0 atom stereocenters. The van der Waals surface area contributed by atoms with Crippen LogP contribution in [0.1, 0.15) is 17.0 Å². The number of aromatic nitrogens is 5. The lowest BCUT2D eigenvalue weighted by Crippen LogP contribution is -2.05. The van der Waals surface area contributed by atoms with Crippen molar-refractivity contribution in [2.45, 2.75) is 19.8 Å². The fourth-order valence-electron chi connectivity index (χ4n) is 3.89. The molecule has 8 nitrogen and oxygen atoms in total. The summed E-state index contributed by atoms with van der Waals surface area (Å²) in [7, 11) is 1.68. The monoisotopic (exact) mass is 413 g/mol. The number of nitrogens with two attached hydrogens (primary N) is 1. The number of ether oxygens (including phenoxy) is 1. The summed E-state index contributed by atoms with van der Waals surface area (Å²) in [5.41, 5.74) is 11.9. The number of nitrogens with zero attached hydrogens (tertiary/aromatic N) is 3. The predicted molar refractivity (Wildman–Crippen MR) is 123 cm³/mol. The van der Waals surface area contributed by atoms with E-state index in [0.29, 0.717) is 5.82 Å². The van der Waals surface area contributed by atoms with Crippen molar-refractivity contribution in [2.24, 2.45) is 0 Å². The Balaban J connectivity index is 1.41. The van der Waals surface area contributed by atoms with E-state index in [2.05, 4.69) is 36.3 Å². The SMILES string of the molecule is COc1cccc2c(CCc3cnc(N)nc3Nc3ccc4[nH]c(C)nc4c3)c[nH]c12. The number of methoxy groups -OCH3 is 1. The lowest BCUT2D eigenvalue weighted by Gasteiger charge is -2.11. The molecule has 3 aromatic heterocycles. The molecule has 0 fully saturated rings. The number of nitrogens with one attached hydrogen (secondary N) is 3. The van der Waals surface area contributed by atoms with Crippen molar-refractivity contribution in [3.05, 3.63) is 65.7 Å². The Morgan fingerprint density at radius 1 is 1.10 bits per heavy atom. The number of hydrogen-bond donors (Lipinski definition) is 4. The second kappa shape index (κ2) is 7.64. The Morgan fingerprint density at radius 2 is 1.97 bits per heavy atom. The normalized spacial score (nSPS) is 11.3. The first-order chi connectivity index (χ1) is 15.1. The second-order valence-corrected chi connectivity index (χ2v) is 7.48. The molecule has 0 saturated heterocycles. The number of benzene rings is 2. The maximum Gasteiger partial charge on any atom is 0.221 e. The van der Waals surface area contributed by atoms with Crippen molar-refractivity contribution in [1.82, 2.24) is 24.9 Å². The maximum absolute atomic E-state index is 5.87. The molecular weight excluding hydrogens is 390 g/mol. The number of hydrogen-bond acceptors (Lipinski definition) is 6. The molecule has 5 N–H and O–H groups in total. The molecule has 2 aromatic carbocycles. The summed E-state index contributed by atoms with van der Waals surface area (Å²) in [4.78, 5) is 19.7. The number of para-hydroxylation sites is 1. The highest BCUT2D eigenvalue weighted by Crippen LogP contribution is 2.29. The first kappa shape index (κ1) is 18.9. The molecule has 0 aliphatic heterocycles. The summed E-state index contributed by atoms with van der Waals surface area (Å²) in [6, 6.07) is 12.0. The number of fused-ring (bicyclic) bond motifs is 2. The Kier molecular flexibility index (Phi) is 4.66. The van der Waals surface area contributed by atoms with Gasteiger partial charge in [0.2, 0.25) is 5.95 Å². The molecule has 156 valence electrons. The highest BCUT2D eigenvalue weighted by atomic mass is 16.5. The summed E-state index contributed by atoms with van der Waals surface area (Å²) in [5.74, 6) is 2.66. The average molecular weight is 413 g/mol. The molecule has 0 amide bonds. The van der Waals surface area contributed by atoms with Gasteiger partial charge in [-0.3, -0.25) is 0 Å². The van der Waals surface area contributed by atoms with Crippen molar-refractivity contribution in [3.63, 3.8) is 0 Å². The van der Waals surface area contributed by atoms with Crippen LogP contribution in [0.5, 0.6) is 5.75 Å². The van der Waals surface area contributed by atoms with Crippen LogP contribution in [0.2, 0.25) is 0 Å². The predicted octanol–water partition coefficient (Wildman–Crippen LogP) is 4.26. The quantitative estimate of drug-likeness (QED) is 0.330. The van der Waals surface area contributed by atoms with Gasteiger partial charge >= 0.3 is 0 Å². The zero-order valence-electron chi connectivity index (χ0n) is 17.4. The van der Waals surface area contributed by atoms with Crippen LogP contribution in [0.4, 0.5) is 17.5 Å². The van der Waals surface area contributed by atoms with Crippen molar-refractivity contribution in [2.75, 3.05) is 18.2 Å². The number of imidazole rings is 1. The number of aromatic amines is 2. The third-order valence-electron chi connectivity index (χ3n) is 5.39. The molecule has 0 bridgehead atoms. The van der Waals surface area contributed by atoms with E-state index in [4.69, 9.17) is 10.5 Å². The molecule has 8 heteroatoms. The first-order valence-corrected chi connectivity index (χ1v) is 10.1. The Bertz CT molecular complexity index is 1390. The van der Waals surface area contributed by atoms with E-state index < -0.39 is 0 Å². The van der Waals surface area contributed by atoms with Crippen molar-refractivity contribution >= 4 is 39.4 Å². The molecular formula is C23H23N7O. The lowest BCUT2D eigenvalue weighted by molar-refractivity contribution is 0.419. The summed E-state index contributed by atoms with van der Waals surface area (Å²) in [6.07, 6.45) is 5.41. The minimum Gasteiger partial charge on any atom is -0.495 e. The van der Waals surface area contributed by atoms with E-state index in [1.807, 2.05) is 43.5 Å². The summed E-state index contributed by atoms with van der Waals surface area (Å²) < 4.78 is 5.45. The maximum atomic E-state index is 5.87. The second-order valence-electron chi connectivity index (χ2n) is 7.48. The van der Waals surface area contributed by atoms with Gasteiger partial charge in [0.05, 0.1) is 23.7 Å².